The van der Waals surface area contributed by atoms with Gasteiger partial charge in [-0.1, -0.05) is 255 Å². The van der Waals surface area contributed by atoms with Gasteiger partial charge in [-0.3, -0.25) is 0 Å². The Balaban J connectivity index is 0.907. The summed E-state index contributed by atoms with van der Waals surface area (Å²) in [5.41, 5.74) is 18.3. The van der Waals surface area contributed by atoms with E-state index in [1.807, 2.05) is 0 Å². The van der Waals surface area contributed by atoms with Crippen LogP contribution in [0.4, 0.5) is 0 Å². The number of aromatic nitrogens is 1. The van der Waals surface area contributed by atoms with Crippen LogP contribution >= 0.6 is 0 Å². The number of benzene rings is 13. The summed E-state index contributed by atoms with van der Waals surface area (Å²) in [6, 6.07) is 101. The molecule has 0 saturated carbocycles. The van der Waals surface area contributed by atoms with Gasteiger partial charge in [0.1, 0.15) is 0 Å². The van der Waals surface area contributed by atoms with Crippen molar-refractivity contribution in [1.82, 2.24) is 4.57 Å². The molecule has 0 N–H and O–H groups in total. The van der Waals surface area contributed by atoms with E-state index in [0.29, 0.717) is 0 Å². The largest absolute Gasteiger partial charge is 0.309 e. The molecule has 0 fully saturated rings. The summed E-state index contributed by atoms with van der Waals surface area (Å²) in [7, 11) is 0. The lowest BCUT2D eigenvalue weighted by Crippen LogP contribution is -2.32. The highest BCUT2D eigenvalue weighted by Gasteiger charge is 2.40. The Kier molecular flexibility index (Phi) is 11.1. The summed E-state index contributed by atoms with van der Waals surface area (Å²) in [5, 5.41) is 12.6. The van der Waals surface area contributed by atoms with E-state index < -0.39 is 5.41 Å². The van der Waals surface area contributed by atoms with E-state index in [1.165, 1.54) is 121 Å². The molecule has 0 radical (unpaired) electrons. The molecule has 0 atom stereocenters. The van der Waals surface area contributed by atoms with Crippen LogP contribution < -0.4 is 0 Å². The lowest BCUT2D eigenvalue weighted by atomic mass is 9.63. The highest BCUT2D eigenvalue weighted by Crippen LogP contribution is 2.49. The van der Waals surface area contributed by atoms with E-state index in [1.54, 1.807) is 0 Å². The summed E-state index contributed by atoms with van der Waals surface area (Å²) in [6.45, 7) is 4.90. The van der Waals surface area contributed by atoms with Crippen LogP contribution in [0.1, 0.15) is 22.3 Å². The van der Waals surface area contributed by atoms with Gasteiger partial charge in [-0.15, -0.1) is 0 Å². The summed E-state index contributed by atoms with van der Waals surface area (Å²) < 4.78 is 2.49. The fraction of sp³-hybridized carbons (Fsp3) is 0.0256. The van der Waals surface area contributed by atoms with Gasteiger partial charge in [0.25, 0.3) is 0 Å². The minimum Gasteiger partial charge on any atom is -0.309 e. The van der Waals surface area contributed by atoms with Gasteiger partial charge >= 0.3 is 0 Å². The third-order valence-corrected chi connectivity index (χ3v) is 16.9. The third kappa shape index (κ3) is 7.61. The molecule has 15 rings (SSSR count). The Morgan fingerprint density at radius 3 is 1.27 bits per heavy atom. The molecule has 1 heteroatoms. The molecule has 1 heterocycles. The lowest BCUT2D eigenvalue weighted by Gasteiger charge is -2.38. The molecular formula is C78H53N. The van der Waals surface area contributed by atoms with Crippen LogP contribution in [0.3, 0.4) is 0 Å². The van der Waals surface area contributed by atoms with Crippen LogP contribution in [0.2, 0.25) is 0 Å². The molecule has 0 aliphatic heterocycles. The van der Waals surface area contributed by atoms with Crippen molar-refractivity contribution in [3.63, 3.8) is 0 Å². The van der Waals surface area contributed by atoms with Crippen LogP contribution in [0.5, 0.6) is 0 Å². The summed E-state index contributed by atoms with van der Waals surface area (Å²) in [4.78, 5) is 0. The standard InChI is InChI=1S/C78H53N/c1-52-19-5-2-6-20-57-41-44-64(51-75(57)78(52,62-23-7-3-8-24-62)63-25-9-4-10-26-63)79-76-45-42-58(53-33-37-55(38-34-53)71-49-60-21-11-13-27-65(60)67-29-15-17-31-69(67)71)47-73(76)74-48-59(43-46-77(74)79)54-35-39-56(40-36-54)72-50-61-22-12-14-28-66(61)68-30-16-18-32-70(68)72/h2-19,21-51H,1,20H2/b6-2-,19-5-. The van der Waals surface area contributed by atoms with Gasteiger partial charge in [-0.2, -0.15) is 0 Å². The molecule has 0 saturated heterocycles. The molecule has 0 bridgehead atoms. The monoisotopic (exact) mass is 1000 g/mol. The zero-order valence-electron chi connectivity index (χ0n) is 43.7. The molecule has 370 valence electrons. The van der Waals surface area contributed by atoms with Crippen LogP contribution in [0.25, 0.3) is 115 Å². The normalized spacial score (nSPS) is 14.1. The second-order valence-corrected chi connectivity index (χ2v) is 21.2. The summed E-state index contributed by atoms with van der Waals surface area (Å²) >= 11 is 0. The minimum atomic E-state index is -0.661. The number of hydrogen-bond donors (Lipinski definition) is 0. The van der Waals surface area contributed by atoms with Crippen molar-refractivity contribution >= 4 is 64.9 Å². The average Bonchev–Trinajstić information content (AvgIpc) is 4.14. The second-order valence-electron chi connectivity index (χ2n) is 21.2. The van der Waals surface area contributed by atoms with E-state index in [2.05, 4.69) is 302 Å². The van der Waals surface area contributed by atoms with Crippen molar-refractivity contribution in [2.24, 2.45) is 0 Å². The molecule has 1 aliphatic carbocycles. The minimum absolute atomic E-state index is 0.661. The first-order valence-corrected chi connectivity index (χ1v) is 27.5. The predicted molar refractivity (Wildman–Crippen MR) is 336 cm³/mol. The molecule has 1 aliphatic rings. The number of rotatable bonds is 7. The highest BCUT2D eigenvalue weighted by atomic mass is 15.0. The summed E-state index contributed by atoms with van der Waals surface area (Å²) in [5.74, 6) is 0. The molecular weight excluding hydrogens is 951 g/mol. The molecule has 13 aromatic carbocycles. The van der Waals surface area contributed by atoms with Gasteiger partial charge in [0.15, 0.2) is 0 Å². The molecule has 0 unspecified atom stereocenters. The lowest BCUT2D eigenvalue weighted by molar-refractivity contribution is 0.736. The molecule has 79 heavy (non-hydrogen) atoms. The average molecular weight is 1000 g/mol. The molecule has 1 aromatic heterocycles. The molecule has 0 amide bonds. The molecule has 14 aromatic rings. The Bertz CT molecular complexity index is 4520. The maximum absolute atomic E-state index is 4.90. The fourth-order valence-electron chi connectivity index (χ4n) is 13.1. The number of nitrogens with zero attached hydrogens (tertiary/aromatic N) is 1. The number of hydrogen-bond acceptors (Lipinski definition) is 0. The van der Waals surface area contributed by atoms with Crippen molar-refractivity contribution in [1.29, 1.82) is 0 Å². The van der Waals surface area contributed by atoms with E-state index in [-0.39, 0.29) is 0 Å². The maximum atomic E-state index is 4.90. The Morgan fingerprint density at radius 2 is 0.759 bits per heavy atom. The van der Waals surface area contributed by atoms with Gasteiger partial charge in [-0.25, -0.2) is 0 Å². The first-order valence-electron chi connectivity index (χ1n) is 27.5. The van der Waals surface area contributed by atoms with Gasteiger partial charge in [0.2, 0.25) is 0 Å². The molecule has 0 spiro atoms. The van der Waals surface area contributed by atoms with Crippen LogP contribution in [-0.2, 0) is 11.8 Å². The maximum Gasteiger partial charge on any atom is 0.0699 e. The van der Waals surface area contributed by atoms with E-state index >= 15 is 0 Å². The Hall–Kier alpha value is -10.1. The number of allylic oxidation sites excluding steroid dienone is 5. The van der Waals surface area contributed by atoms with Gasteiger partial charge in [-0.05, 0) is 170 Å². The van der Waals surface area contributed by atoms with Crippen LogP contribution in [0.15, 0.2) is 309 Å². The zero-order chi connectivity index (χ0) is 52.4. The Labute approximate surface area is 460 Å². The number of fused-ring (bicyclic) bond motifs is 10. The van der Waals surface area contributed by atoms with Gasteiger partial charge < -0.3 is 4.57 Å². The fourth-order valence-corrected chi connectivity index (χ4v) is 13.1. The van der Waals surface area contributed by atoms with Crippen molar-refractivity contribution in [3.8, 4) is 50.2 Å². The first-order chi connectivity index (χ1) is 39.1. The van der Waals surface area contributed by atoms with Crippen LogP contribution in [-0.4, -0.2) is 4.57 Å². The highest BCUT2D eigenvalue weighted by molar-refractivity contribution is 6.16. The van der Waals surface area contributed by atoms with Crippen molar-refractivity contribution in [2.75, 3.05) is 0 Å². The van der Waals surface area contributed by atoms with E-state index in [9.17, 15) is 0 Å². The van der Waals surface area contributed by atoms with Crippen LogP contribution in [0, 0.1) is 0 Å². The second kappa shape index (κ2) is 18.9. The SMILES string of the molecule is C=C1/C=C\C=C/Cc2ccc(-n3c4ccc(-c5ccc(-c6cc7ccccc7c7ccccc67)cc5)cc4c4cc(-c5ccc(-c6cc7ccccc7c7ccccc67)cc5)ccc43)cc2C1(c1ccccc1)c1ccccc1. The smallest absolute Gasteiger partial charge is 0.0699 e. The van der Waals surface area contributed by atoms with Gasteiger partial charge in [0.05, 0.1) is 16.4 Å². The van der Waals surface area contributed by atoms with Crippen molar-refractivity contribution in [3.05, 3.63) is 332 Å². The van der Waals surface area contributed by atoms with Gasteiger partial charge in [0, 0.05) is 16.5 Å². The van der Waals surface area contributed by atoms with E-state index in [0.717, 1.165) is 28.7 Å². The molecule has 1 nitrogen and oxygen atoms in total. The third-order valence-electron chi connectivity index (χ3n) is 16.9. The Morgan fingerprint density at radius 1 is 0.329 bits per heavy atom. The zero-order valence-corrected chi connectivity index (χ0v) is 43.7. The topological polar surface area (TPSA) is 4.93 Å². The first kappa shape index (κ1) is 46.2. The quantitative estimate of drug-likeness (QED) is 0.140. The summed E-state index contributed by atoms with van der Waals surface area (Å²) in [6.07, 6.45) is 9.57. The predicted octanol–water partition coefficient (Wildman–Crippen LogP) is 20.6. The van der Waals surface area contributed by atoms with Crippen molar-refractivity contribution in [2.45, 2.75) is 11.8 Å². The van der Waals surface area contributed by atoms with Crippen molar-refractivity contribution < 1.29 is 0 Å². The van der Waals surface area contributed by atoms with E-state index in [4.69, 9.17) is 6.58 Å².